The summed E-state index contributed by atoms with van der Waals surface area (Å²) in [4.78, 5) is 15.7. The molecule has 1 heterocycles. The van der Waals surface area contributed by atoms with Crippen LogP contribution in [-0.2, 0) is 0 Å². The van der Waals surface area contributed by atoms with Gasteiger partial charge in [-0.25, -0.2) is 0 Å². The average molecular weight is 651 g/mol. The maximum Gasteiger partial charge on any atom is 0.255 e. The van der Waals surface area contributed by atoms with Gasteiger partial charge in [-0.05, 0) is 134 Å². The maximum absolute atomic E-state index is 13.5. The summed E-state index contributed by atoms with van der Waals surface area (Å²) in [5.74, 6) is 1.41. The predicted molar refractivity (Wildman–Crippen MR) is 208 cm³/mol. The second-order valence-electron chi connectivity index (χ2n) is 13.6. The second kappa shape index (κ2) is 12.4. The Morgan fingerprint density at radius 1 is 0.520 bits per heavy atom. The number of nitrogens with one attached hydrogen (secondary N) is 1. The highest BCUT2D eigenvalue weighted by molar-refractivity contribution is 6.06. The van der Waals surface area contributed by atoms with Crippen molar-refractivity contribution in [3.05, 3.63) is 167 Å². The zero-order valence-corrected chi connectivity index (χ0v) is 29.0. The molecule has 7 aromatic rings. The van der Waals surface area contributed by atoms with Crippen molar-refractivity contribution >= 4 is 39.4 Å². The normalized spacial score (nSPS) is 11.9. The fraction of sp³-hybridized carbons (Fsp3) is 0.109. The lowest BCUT2D eigenvalue weighted by atomic mass is 9.98. The van der Waals surface area contributed by atoms with Crippen molar-refractivity contribution in [1.82, 2.24) is 0 Å². The van der Waals surface area contributed by atoms with Gasteiger partial charge in [-0.2, -0.15) is 0 Å². The molecule has 50 heavy (non-hydrogen) atoms. The molecule has 1 aliphatic heterocycles. The molecule has 1 aliphatic rings. The van der Waals surface area contributed by atoms with E-state index in [0.29, 0.717) is 5.56 Å². The van der Waals surface area contributed by atoms with Crippen molar-refractivity contribution < 1.29 is 9.53 Å². The first kappa shape index (κ1) is 31.2. The van der Waals surface area contributed by atoms with Gasteiger partial charge in [0.05, 0.1) is 11.4 Å². The number of hydrogen-bond acceptors (Lipinski definition) is 3. The Hall–Kier alpha value is -6.13. The number of benzene rings is 7. The molecule has 8 rings (SSSR count). The van der Waals surface area contributed by atoms with E-state index in [4.69, 9.17) is 4.74 Å². The first-order valence-corrected chi connectivity index (χ1v) is 17.0. The molecular formula is C46H38N2O2. The Bertz CT molecular complexity index is 2320. The van der Waals surface area contributed by atoms with Crippen LogP contribution in [0.5, 0.6) is 11.5 Å². The van der Waals surface area contributed by atoms with Crippen molar-refractivity contribution in [2.45, 2.75) is 34.6 Å². The van der Waals surface area contributed by atoms with Crippen LogP contribution in [0.2, 0.25) is 0 Å². The van der Waals surface area contributed by atoms with Crippen molar-refractivity contribution in [3.8, 4) is 33.8 Å². The van der Waals surface area contributed by atoms with Crippen LogP contribution >= 0.6 is 0 Å². The number of ether oxygens (including phenoxy) is 1. The smallest absolute Gasteiger partial charge is 0.255 e. The molecule has 0 unspecified atom stereocenters. The third-order valence-corrected chi connectivity index (χ3v) is 9.46. The maximum atomic E-state index is 13.5. The molecule has 4 nitrogen and oxygen atoms in total. The van der Waals surface area contributed by atoms with Crippen molar-refractivity contribution in [2.75, 3.05) is 10.2 Å². The van der Waals surface area contributed by atoms with Crippen LogP contribution in [0, 0.1) is 34.6 Å². The third-order valence-electron chi connectivity index (χ3n) is 9.46. The predicted octanol–water partition coefficient (Wildman–Crippen LogP) is 12.5. The number of carbonyl (C=O) groups excluding carboxylic acids is 1. The molecule has 1 N–H and O–H groups in total. The first-order valence-electron chi connectivity index (χ1n) is 17.0. The fourth-order valence-electron chi connectivity index (χ4n) is 7.17. The topological polar surface area (TPSA) is 41.6 Å². The Balaban J connectivity index is 1.17. The van der Waals surface area contributed by atoms with Crippen LogP contribution in [0.15, 0.2) is 133 Å². The van der Waals surface area contributed by atoms with Gasteiger partial charge in [0.1, 0.15) is 0 Å². The molecule has 244 valence electrons. The minimum atomic E-state index is -0.145. The largest absolute Gasteiger partial charge is 0.453 e. The summed E-state index contributed by atoms with van der Waals surface area (Å²) in [5.41, 5.74) is 14.7. The Morgan fingerprint density at radius 3 is 1.54 bits per heavy atom. The van der Waals surface area contributed by atoms with E-state index in [1.54, 1.807) is 0 Å². The van der Waals surface area contributed by atoms with E-state index in [2.05, 4.69) is 129 Å². The lowest BCUT2D eigenvalue weighted by Gasteiger charge is -2.33. The zero-order valence-electron chi connectivity index (χ0n) is 29.0. The second-order valence-corrected chi connectivity index (χ2v) is 13.6. The van der Waals surface area contributed by atoms with Gasteiger partial charge in [0, 0.05) is 16.9 Å². The Kier molecular flexibility index (Phi) is 7.72. The molecule has 7 aromatic carbocycles. The molecule has 0 radical (unpaired) electrons. The molecule has 4 heteroatoms. The quantitative estimate of drug-likeness (QED) is 0.202. The summed E-state index contributed by atoms with van der Waals surface area (Å²) in [7, 11) is 0. The SMILES string of the molecule is Cc1cc(C)cc(-c2ccc3c(c2)Oc2cc(-c4cc(C)cc(C)c4)ccc2N3c2ccc(C(=O)Nc3cc4ccccc4cc3C)cc2)c1. The monoisotopic (exact) mass is 650 g/mol. The molecule has 0 saturated heterocycles. The van der Waals surface area contributed by atoms with Gasteiger partial charge in [0.15, 0.2) is 11.5 Å². The van der Waals surface area contributed by atoms with E-state index in [0.717, 1.165) is 72.8 Å². The lowest BCUT2D eigenvalue weighted by Crippen LogP contribution is -2.17. The van der Waals surface area contributed by atoms with Crippen LogP contribution in [0.1, 0.15) is 38.2 Å². The highest BCUT2D eigenvalue weighted by Crippen LogP contribution is 2.52. The molecule has 0 saturated carbocycles. The number of anilines is 4. The van der Waals surface area contributed by atoms with E-state index >= 15 is 0 Å². The van der Waals surface area contributed by atoms with Crippen LogP contribution in [0.3, 0.4) is 0 Å². The van der Waals surface area contributed by atoms with Crippen LogP contribution in [0.25, 0.3) is 33.0 Å². The lowest BCUT2D eigenvalue weighted by molar-refractivity contribution is 0.102. The molecule has 0 spiro atoms. The molecular weight excluding hydrogens is 613 g/mol. The van der Waals surface area contributed by atoms with Gasteiger partial charge >= 0.3 is 0 Å². The molecule has 0 aliphatic carbocycles. The highest BCUT2D eigenvalue weighted by atomic mass is 16.5. The average Bonchev–Trinajstić information content (AvgIpc) is 3.09. The van der Waals surface area contributed by atoms with Gasteiger partial charge < -0.3 is 15.0 Å². The van der Waals surface area contributed by atoms with Gasteiger partial charge in [-0.1, -0.05) is 95.1 Å². The van der Waals surface area contributed by atoms with Gasteiger partial charge in [-0.15, -0.1) is 0 Å². The Morgan fingerprint density at radius 2 is 1.02 bits per heavy atom. The molecule has 0 bridgehead atoms. The minimum Gasteiger partial charge on any atom is -0.453 e. The van der Waals surface area contributed by atoms with Gasteiger partial charge in [0.2, 0.25) is 0 Å². The zero-order chi connectivity index (χ0) is 34.5. The summed E-state index contributed by atoms with van der Waals surface area (Å²) in [6.45, 7) is 10.5. The minimum absolute atomic E-state index is 0.145. The molecule has 0 fully saturated rings. The standard InChI is InChI=1S/C46H38N2O2/c1-28-18-29(2)21-38(20-28)36-12-16-42-44(26-36)50-45-27-37(39-22-30(3)19-31(4)23-39)13-17-43(45)48(42)40-14-10-33(11-15-40)46(49)47-41-25-35-9-7-6-8-34(35)24-32(41)5/h6-27H,1-5H3,(H,47,49). The summed E-state index contributed by atoms with van der Waals surface area (Å²) in [5, 5.41) is 5.38. The Labute approximate surface area is 293 Å². The van der Waals surface area contributed by atoms with Crippen molar-refractivity contribution in [3.63, 3.8) is 0 Å². The first-order chi connectivity index (χ1) is 24.2. The van der Waals surface area contributed by atoms with Gasteiger partial charge in [-0.3, -0.25) is 4.79 Å². The number of aryl methyl sites for hydroxylation is 5. The van der Waals surface area contributed by atoms with E-state index in [1.807, 2.05) is 49.4 Å². The van der Waals surface area contributed by atoms with Crippen molar-refractivity contribution in [2.24, 2.45) is 0 Å². The van der Waals surface area contributed by atoms with E-state index in [9.17, 15) is 4.79 Å². The van der Waals surface area contributed by atoms with Gasteiger partial charge in [0.25, 0.3) is 5.91 Å². The van der Waals surface area contributed by atoms with Crippen LogP contribution < -0.4 is 15.0 Å². The number of rotatable bonds is 5. The van der Waals surface area contributed by atoms with Crippen LogP contribution in [-0.4, -0.2) is 5.91 Å². The fourth-order valence-corrected chi connectivity index (χ4v) is 7.17. The molecule has 0 atom stereocenters. The summed E-state index contributed by atoms with van der Waals surface area (Å²) in [6.07, 6.45) is 0. The number of amides is 1. The third kappa shape index (κ3) is 5.90. The van der Waals surface area contributed by atoms with Crippen molar-refractivity contribution in [1.29, 1.82) is 0 Å². The number of fused-ring (bicyclic) bond motifs is 3. The summed E-state index contributed by atoms with van der Waals surface area (Å²) >= 11 is 0. The molecule has 1 amide bonds. The summed E-state index contributed by atoms with van der Waals surface area (Å²) in [6, 6.07) is 46.2. The number of hydrogen-bond donors (Lipinski definition) is 1. The van der Waals surface area contributed by atoms with E-state index in [1.165, 1.54) is 22.3 Å². The summed E-state index contributed by atoms with van der Waals surface area (Å²) < 4.78 is 6.74. The number of nitrogens with zero attached hydrogens (tertiary/aromatic N) is 1. The number of carbonyl (C=O) groups is 1. The highest BCUT2D eigenvalue weighted by Gasteiger charge is 2.27. The van der Waals surface area contributed by atoms with E-state index < -0.39 is 0 Å². The molecule has 0 aromatic heterocycles. The van der Waals surface area contributed by atoms with E-state index in [-0.39, 0.29) is 5.91 Å². The van der Waals surface area contributed by atoms with Crippen LogP contribution in [0.4, 0.5) is 22.7 Å².